The van der Waals surface area contributed by atoms with Gasteiger partial charge in [-0.2, -0.15) is 0 Å². The molecule has 2 atom stereocenters. The summed E-state index contributed by atoms with van der Waals surface area (Å²) in [6.45, 7) is 7.32. The highest BCUT2D eigenvalue weighted by atomic mass is 16.6. The molecule has 2 unspecified atom stereocenters. The quantitative estimate of drug-likeness (QED) is 0.722. The van der Waals surface area contributed by atoms with Crippen LogP contribution in [0.5, 0.6) is 0 Å². The third kappa shape index (κ3) is 2.79. The summed E-state index contributed by atoms with van der Waals surface area (Å²) in [6.07, 6.45) is 5.49. The van der Waals surface area contributed by atoms with Gasteiger partial charge in [-0.25, -0.2) is 4.79 Å². The SMILES string of the molecule is CC(C)(C)OC(=O)N1CCCC2(CCCC2N)C1. The largest absolute Gasteiger partial charge is 0.444 e. The highest BCUT2D eigenvalue weighted by Crippen LogP contribution is 2.44. The molecule has 18 heavy (non-hydrogen) atoms. The molecule has 1 saturated heterocycles. The van der Waals surface area contributed by atoms with E-state index in [4.69, 9.17) is 10.5 Å². The van der Waals surface area contributed by atoms with E-state index in [-0.39, 0.29) is 17.6 Å². The van der Waals surface area contributed by atoms with Crippen LogP contribution in [0.15, 0.2) is 0 Å². The van der Waals surface area contributed by atoms with Crippen LogP contribution in [0.2, 0.25) is 0 Å². The number of amides is 1. The van der Waals surface area contributed by atoms with Gasteiger partial charge in [-0.05, 0) is 46.5 Å². The third-order valence-corrected chi connectivity index (χ3v) is 4.24. The Bertz CT molecular complexity index is 324. The van der Waals surface area contributed by atoms with Crippen molar-refractivity contribution in [3.8, 4) is 0 Å². The standard InChI is InChI=1S/C14H26N2O2/c1-13(2,3)18-12(17)16-9-5-8-14(10-16)7-4-6-11(14)15/h11H,4-10,15H2,1-3H3. The zero-order valence-corrected chi connectivity index (χ0v) is 11.9. The molecule has 2 rings (SSSR count). The number of nitrogens with two attached hydrogens (primary N) is 1. The second kappa shape index (κ2) is 4.72. The highest BCUT2D eigenvalue weighted by molar-refractivity contribution is 5.68. The average Bonchev–Trinajstić information content (AvgIpc) is 2.58. The van der Waals surface area contributed by atoms with E-state index in [9.17, 15) is 4.79 Å². The van der Waals surface area contributed by atoms with E-state index in [0.29, 0.717) is 0 Å². The number of carbonyl (C=O) groups excluding carboxylic acids is 1. The zero-order valence-electron chi connectivity index (χ0n) is 11.9. The Morgan fingerprint density at radius 2 is 2.00 bits per heavy atom. The molecule has 2 N–H and O–H groups in total. The first-order chi connectivity index (χ1) is 8.32. The summed E-state index contributed by atoms with van der Waals surface area (Å²) in [7, 11) is 0. The van der Waals surface area contributed by atoms with E-state index >= 15 is 0 Å². The summed E-state index contributed by atoms with van der Waals surface area (Å²) in [5.41, 5.74) is 6.00. The molecule has 104 valence electrons. The van der Waals surface area contributed by atoms with Crippen LogP contribution in [0.1, 0.15) is 52.9 Å². The summed E-state index contributed by atoms with van der Waals surface area (Å²) in [5.74, 6) is 0. The lowest BCUT2D eigenvalue weighted by Crippen LogP contribution is -2.52. The highest BCUT2D eigenvalue weighted by Gasteiger charge is 2.45. The molecule has 0 radical (unpaired) electrons. The van der Waals surface area contributed by atoms with Gasteiger partial charge in [0.15, 0.2) is 0 Å². The number of nitrogens with zero attached hydrogens (tertiary/aromatic N) is 1. The minimum atomic E-state index is -0.417. The van der Waals surface area contributed by atoms with Crippen LogP contribution >= 0.6 is 0 Å². The average molecular weight is 254 g/mol. The topological polar surface area (TPSA) is 55.6 Å². The zero-order chi connectivity index (χ0) is 13.4. The van der Waals surface area contributed by atoms with E-state index in [2.05, 4.69) is 0 Å². The fourth-order valence-corrected chi connectivity index (χ4v) is 3.31. The smallest absolute Gasteiger partial charge is 0.410 e. The maximum Gasteiger partial charge on any atom is 0.410 e. The number of carbonyl (C=O) groups is 1. The molecular formula is C14H26N2O2. The van der Waals surface area contributed by atoms with Crippen LogP contribution in [0, 0.1) is 5.41 Å². The number of rotatable bonds is 0. The molecule has 0 aromatic rings. The van der Waals surface area contributed by atoms with E-state index in [0.717, 1.165) is 38.8 Å². The summed E-state index contributed by atoms with van der Waals surface area (Å²) in [4.78, 5) is 14.0. The Balaban J connectivity index is 2.01. The number of likely N-dealkylation sites (tertiary alicyclic amines) is 1. The number of ether oxygens (including phenoxy) is 1. The Hall–Kier alpha value is -0.770. The van der Waals surface area contributed by atoms with Crippen molar-refractivity contribution in [1.29, 1.82) is 0 Å². The number of hydrogen-bond donors (Lipinski definition) is 1. The predicted octanol–water partition coefficient (Wildman–Crippen LogP) is 2.51. The first-order valence-electron chi connectivity index (χ1n) is 7.06. The minimum Gasteiger partial charge on any atom is -0.444 e. The van der Waals surface area contributed by atoms with Gasteiger partial charge in [0.1, 0.15) is 5.60 Å². The lowest BCUT2D eigenvalue weighted by Gasteiger charge is -2.43. The summed E-state index contributed by atoms with van der Waals surface area (Å²) in [6, 6.07) is 0.253. The van der Waals surface area contributed by atoms with Gasteiger partial charge in [0, 0.05) is 24.5 Å². The number of piperidine rings is 1. The Kier molecular flexibility index (Phi) is 3.58. The Morgan fingerprint density at radius 1 is 1.33 bits per heavy atom. The molecule has 0 bridgehead atoms. The van der Waals surface area contributed by atoms with Crippen molar-refractivity contribution in [2.45, 2.75) is 64.5 Å². The second-order valence-corrected chi connectivity index (χ2v) is 6.87. The van der Waals surface area contributed by atoms with Crippen molar-refractivity contribution in [3.05, 3.63) is 0 Å². The first kappa shape index (κ1) is 13.7. The molecule has 4 heteroatoms. The molecular weight excluding hydrogens is 228 g/mol. The maximum atomic E-state index is 12.1. The lowest BCUT2D eigenvalue weighted by atomic mass is 9.76. The van der Waals surface area contributed by atoms with E-state index < -0.39 is 5.60 Å². The molecule has 0 aromatic carbocycles. The van der Waals surface area contributed by atoms with Gasteiger partial charge in [0.25, 0.3) is 0 Å². The Morgan fingerprint density at radius 3 is 2.56 bits per heavy atom. The van der Waals surface area contributed by atoms with E-state index in [1.165, 1.54) is 6.42 Å². The molecule has 1 aliphatic carbocycles. The summed E-state index contributed by atoms with van der Waals surface area (Å²) >= 11 is 0. The van der Waals surface area contributed by atoms with Crippen LogP contribution in [-0.2, 0) is 4.74 Å². The third-order valence-electron chi connectivity index (χ3n) is 4.24. The van der Waals surface area contributed by atoms with E-state index in [1.807, 2.05) is 25.7 Å². The van der Waals surface area contributed by atoms with Crippen LogP contribution in [0.25, 0.3) is 0 Å². The fraction of sp³-hybridized carbons (Fsp3) is 0.929. The summed E-state index contributed by atoms with van der Waals surface area (Å²) in [5, 5.41) is 0. The van der Waals surface area contributed by atoms with Gasteiger partial charge in [-0.1, -0.05) is 6.42 Å². The molecule has 2 fully saturated rings. The van der Waals surface area contributed by atoms with Gasteiger partial charge < -0.3 is 15.4 Å². The van der Waals surface area contributed by atoms with Crippen molar-refractivity contribution in [1.82, 2.24) is 4.90 Å². The van der Waals surface area contributed by atoms with Crippen LogP contribution in [0.4, 0.5) is 4.79 Å². The van der Waals surface area contributed by atoms with Gasteiger partial charge in [-0.15, -0.1) is 0 Å². The number of hydrogen-bond acceptors (Lipinski definition) is 3. The van der Waals surface area contributed by atoms with E-state index in [1.54, 1.807) is 0 Å². The first-order valence-corrected chi connectivity index (χ1v) is 7.06. The fourth-order valence-electron chi connectivity index (χ4n) is 3.31. The molecule has 1 amide bonds. The molecule has 4 nitrogen and oxygen atoms in total. The van der Waals surface area contributed by atoms with Crippen molar-refractivity contribution < 1.29 is 9.53 Å². The molecule has 1 spiro atoms. The van der Waals surface area contributed by atoms with Gasteiger partial charge >= 0.3 is 6.09 Å². The van der Waals surface area contributed by atoms with Crippen molar-refractivity contribution in [2.75, 3.05) is 13.1 Å². The monoisotopic (exact) mass is 254 g/mol. The summed E-state index contributed by atoms with van der Waals surface area (Å²) < 4.78 is 5.46. The molecule has 0 aromatic heterocycles. The Labute approximate surface area is 110 Å². The van der Waals surface area contributed by atoms with Crippen molar-refractivity contribution >= 4 is 6.09 Å². The minimum absolute atomic E-state index is 0.162. The van der Waals surface area contributed by atoms with Gasteiger partial charge in [-0.3, -0.25) is 0 Å². The van der Waals surface area contributed by atoms with Crippen LogP contribution in [0.3, 0.4) is 0 Å². The van der Waals surface area contributed by atoms with Gasteiger partial charge in [0.05, 0.1) is 0 Å². The van der Waals surface area contributed by atoms with Gasteiger partial charge in [0.2, 0.25) is 0 Å². The molecule has 1 saturated carbocycles. The maximum absolute atomic E-state index is 12.1. The molecule has 1 aliphatic heterocycles. The van der Waals surface area contributed by atoms with Crippen molar-refractivity contribution in [3.63, 3.8) is 0 Å². The van der Waals surface area contributed by atoms with Crippen LogP contribution < -0.4 is 5.73 Å². The second-order valence-electron chi connectivity index (χ2n) is 6.87. The normalized spacial score (nSPS) is 32.9. The van der Waals surface area contributed by atoms with Crippen LogP contribution in [-0.4, -0.2) is 35.7 Å². The van der Waals surface area contributed by atoms with Crippen molar-refractivity contribution in [2.24, 2.45) is 11.1 Å². The predicted molar refractivity (Wildman–Crippen MR) is 71.3 cm³/mol. The lowest BCUT2D eigenvalue weighted by molar-refractivity contribution is 0.00263. The molecule has 1 heterocycles. The molecule has 2 aliphatic rings.